The summed E-state index contributed by atoms with van der Waals surface area (Å²) in [5, 5.41) is 0. The van der Waals surface area contributed by atoms with Gasteiger partial charge in [0, 0.05) is 23.7 Å². The Morgan fingerprint density at radius 1 is 0.651 bits per heavy atom. The van der Waals surface area contributed by atoms with Crippen molar-refractivity contribution < 1.29 is 19.1 Å². The van der Waals surface area contributed by atoms with E-state index in [1.54, 1.807) is 0 Å². The molecule has 0 spiro atoms. The molecule has 43 heavy (non-hydrogen) atoms. The third kappa shape index (κ3) is 7.40. The number of ether oxygens (including phenoxy) is 2. The molecule has 0 amide bonds. The molecule has 0 aromatic heterocycles. The molecule has 0 heterocycles. The molecule has 0 aliphatic heterocycles. The van der Waals surface area contributed by atoms with Crippen LogP contribution in [0, 0.1) is 0 Å². The second-order valence-corrected chi connectivity index (χ2v) is 14.6. The molecular formula is C39H50O4. The maximum Gasteiger partial charge on any atom is 0.306 e. The topological polar surface area (TPSA) is 52.6 Å². The number of esters is 2. The van der Waals surface area contributed by atoms with Gasteiger partial charge in [0.1, 0.15) is 11.2 Å². The summed E-state index contributed by atoms with van der Waals surface area (Å²) in [6.45, 7) is 18.1. The molecule has 4 nitrogen and oxygen atoms in total. The lowest BCUT2D eigenvalue weighted by molar-refractivity contribution is -0.155. The van der Waals surface area contributed by atoms with Gasteiger partial charge in [-0.2, -0.15) is 0 Å². The summed E-state index contributed by atoms with van der Waals surface area (Å²) in [6, 6.07) is 24.2. The maximum absolute atomic E-state index is 13.2. The van der Waals surface area contributed by atoms with Gasteiger partial charge in [0.05, 0.1) is 0 Å². The van der Waals surface area contributed by atoms with E-state index in [0.29, 0.717) is 12.8 Å². The van der Waals surface area contributed by atoms with E-state index in [1.807, 2.05) is 47.6 Å². The minimum atomic E-state index is -0.562. The molecule has 230 valence electrons. The van der Waals surface area contributed by atoms with Gasteiger partial charge in [-0.3, -0.25) is 9.59 Å². The van der Waals surface area contributed by atoms with Crippen LogP contribution in [0.1, 0.15) is 122 Å². The summed E-state index contributed by atoms with van der Waals surface area (Å²) in [6.07, 6.45) is 3.64. The molecule has 0 saturated heterocycles. The van der Waals surface area contributed by atoms with Crippen molar-refractivity contribution in [2.45, 2.75) is 123 Å². The van der Waals surface area contributed by atoms with E-state index in [4.69, 9.17) is 9.47 Å². The van der Waals surface area contributed by atoms with Crippen LogP contribution in [0.4, 0.5) is 0 Å². The van der Waals surface area contributed by atoms with Gasteiger partial charge >= 0.3 is 11.9 Å². The summed E-state index contributed by atoms with van der Waals surface area (Å²) in [7, 11) is 0. The minimum Gasteiger partial charge on any atom is -0.460 e. The summed E-state index contributed by atoms with van der Waals surface area (Å²) in [4.78, 5) is 26.3. The van der Waals surface area contributed by atoms with E-state index < -0.39 is 16.6 Å². The van der Waals surface area contributed by atoms with Crippen molar-refractivity contribution in [3.8, 4) is 11.1 Å². The van der Waals surface area contributed by atoms with Crippen LogP contribution in [0.2, 0.25) is 0 Å². The Kier molecular flexibility index (Phi) is 9.30. The second-order valence-electron chi connectivity index (χ2n) is 14.6. The molecule has 0 radical (unpaired) electrons. The number of aryl methyl sites for hydroxylation is 1. The maximum atomic E-state index is 13.2. The highest BCUT2D eigenvalue weighted by Crippen LogP contribution is 2.55. The lowest BCUT2D eigenvalue weighted by Gasteiger charge is -2.34. The normalized spacial score (nSPS) is 14.2. The molecule has 0 fully saturated rings. The van der Waals surface area contributed by atoms with Crippen molar-refractivity contribution in [3.63, 3.8) is 0 Å². The number of carbonyl (C=O) groups excluding carboxylic acids is 2. The SMILES string of the molecule is CCCc1ccc2c(c1)C(CCC(=O)OC(C)(C)C)(CCC(=O)OC(C)(C)C)c1cc(C(C)(C)c3ccccc3)ccc1-2. The van der Waals surface area contributed by atoms with Crippen molar-refractivity contribution in [2.75, 3.05) is 0 Å². The third-order valence-electron chi connectivity index (χ3n) is 8.53. The Morgan fingerprint density at radius 2 is 1.16 bits per heavy atom. The van der Waals surface area contributed by atoms with Gasteiger partial charge in [-0.05, 0) is 99.7 Å². The standard InChI is InChI=1S/C39H50O4/c1-10-14-27-17-19-30-31-20-18-29(38(8,9)28-15-12-11-13-16-28)26-33(31)39(32(30)25-27,23-21-34(40)42-36(2,3)4)24-22-35(41)43-37(5,6)7/h11-13,15-20,25-26H,10,14,21-24H2,1-9H3. The molecule has 4 rings (SSSR count). The molecule has 0 atom stereocenters. The molecule has 0 N–H and O–H groups in total. The first-order chi connectivity index (χ1) is 20.1. The highest BCUT2D eigenvalue weighted by atomic mass is 16.6. The Morgan fingerprint density at radius 3 is 1.67 bits per heavy atom. The Balaban J connectivity index is 1.88. The van der Waals surface area contributed by atoms with Crippen LogP contribution in [0.3, 0.4) is 0 Å². The predicted octanol–water partition coefficient (Wildman–Crippen LogP) is 9.48. The molecule has 3 aromatic rings. The molecule has 1 aliphatic carbocycles. The Bertz CT molecular complexity index is 1420. The van der Waals surface area contributed by atoms with Crippen LogP contribution < -0.4 is 0 Å². The van der Waals surface area contributed by atoms with Gasteiger partial charge in [0.2, 0.25) is 0 Å². The summed E-state index contributed by atoms with van der Waals surface area (Å²) in [5.41, 5.74) is 6.58. The fourth-order valence-corrected chi connectivity index (χ4v) is 6.48. The van der Waals surface area contributed by atoms with Crippen LogP contribution in [0.25, 0.3) is 11.1 Å². The zero-order valence-corrected chi connectivity index (χ0v) is 27.7. The molecule has 3 aromatic carbocycles. The van der Waals surface area contributed by atoms with Crippen LogP contribution >= 0.6 is 0 Å². The lowest BCUT2D eigenvalue weighted by atomic mass is 9.69. The first kappa shape index (κ1) is 32.5. The quantitative estimate of drug-likeness (QED) is 0.223. The molecule has 0 bridgehead atoms. The second kappa shape index (κ2) is 12.3. The number of fused-ring (bicyclic) bond motifs is 3. The number of carbonyl (C=O) groups is 2. The van der Waals surface area contributed by atoms with Gasteiger partial charge < -0.3 is 9.47 Å². The zero-order chi connectivity index (χ0) is 31.6. The lowest BCUT2D eigenvalue weighted by Crippen LogP contribution is -2.31. The van der Waals surface area contributed by atoms with Gasteiger partial charge in [-0.15, -0.1) is 0 Å². The average molecular weight is 583 g/mol. The molecule has 4 heteroatoms. The van der Waals surface area contributed by atoms with Crippen LogP contribution in [0.15, 0.2) is 66.7 Å². The number of hydrogen-bond acceptors (Lipinski definition) is 4. The minimum absolute atomic E-state index is 0.218. The predicted molar refractivity (Wildman–Crippen MR) is 175 cm³/mol. The fraction of sp³-hybridized carbons (Fsp3) is 0.487. The Hall–Kier alpha value is -3.40. The van der Waals surface area contributed by atoms with Gasteiger partial charge in [-0.25, -0.2) is 0 Å². The van der Waals surface area contributed by atoms with Crippen molar-refractivity contribution in [1.29, 1.82) is 0 Å². The van der Waals surface area contributed by atoms with E-state index in [0.717, 1.165) is 12.8 Å². The van der Waals surface area contributed by atoms with Crippen LogP contribution in [-0.2, 0) is 36.3 Å². The number of benzene rings is 3. The average Bonchev–Trinajstić information content (AvgIpc) is 3.18. The summed E-state index contributed by atoms with van der Waals surface area (Å²) >= 11 is 0. The number of rotatable bonds is 10. The molecule has 0 saturated carbocycles. The van der Waals surface area contributed by atoms with E-state index in [1.165, 1.54) is 38.9 Å². The van der Waals surface area contributed by atoms with E-state index >= 15 is 0 Å². The first-order valence-corrected chi connectivity index (χ1v) is 15.8. The monoisotopic (exact) mass is 582 g/mol. The fourth-order valence-electron chi connectivity index (χ4n) is 6.48. The van der Waals surface area contributed by atoms with E-state index in [9.17, 15) is 9.59 Å². The third-order valence-corrected chi connectivity index (χ3v) is 8.53. The van der Waals surface area contributed by atoms with E-state index in [2.05, 4.69) is 81.4 Å². The van der Waals surface area contributed by atoms with Crippen molar-refractivity contribution in [3.05, 3.63) is 94.5 Å². The largest absolute Gasteiger partial charge is 0.460 e. The van der Waals surface area contributed by atoms with Gasteiger partial charge in [0.25, 0.3) is 0 Å². The van der Waals surface area contributed by atoms with Crippen molar-refractivity contribution >= 4 is 11.9 Å². The van der Waals surface area contributed by atoms with Gasteiger partial charge in [0.15, 0.2) is 0 Å². The first-order valence-electron chi connectivity index (χ1n) is 15.8. The van der Waals surface area contributed by atoms with Crippen LogP contribution in [-0.4, -0.2) is 23.1 Å². The Labute approximate surface area is 259 Å². The van der Waals surface area contributed by atoms with Crippen molar-refractivity contribution in [1.82, 2.24) is 0 Å². The summed E-state index contributed by atoms with van der Waals surface area (Å²) in [5.74, 6) is -0.436. The molecule has 0 unspecified atom stereocenters. The highest BCUT2D eigenvalue weighted by molar-refractivity contribution is 5.83. The van der Waals surface area contributed by atoms with Crippen molar-refractivity contribution in [2.24, 2.45) is 0 Å². The zero-order valence-electron chi connectivity index (χ0n) is 27.7. The molecular weight excluding hydrogens is 532 g/mol. The molecule has 1 aliphatic rings. The highest BCUT2D eigenvalue weighted by Gasteiger charge is 2.45. The van der Waals surface area contributed by atoms with Crippen LogP contribution in [0.5, 0.6) is 0 Å². The number of hydrogen-bond donors (Lipinski definition) is 0. The van der Waals surface area contributed by atoms with E-state index in [-0.39, 0.29) is 30.2 Å². The smallest absolute Gasteiger partial charge is 0.306 e. The van der Waals surface area contributed by atoms with Gasteiger partial charge in [-0.1, -0.05) is 93.9 Å². The summed E-state index contributed by atoms with van der Waals surface area (Å²) < 4.78 is 11.6.